The molecule has 0 radical (unpaired) electrons. The van der Waals surface area contributed by atoms with Gasteiger partial charge in [0.25, 0.3) is 0 Å². The first kappa shape index (κ1) is 13.7. The highest BCUT2D eigenvalue weighted by molar-refractivity contribution is 7.13. The van der Waals surface area contributed by atoms with Crippen LogP contribution in [0, 0.1) is 13.8 Å². The molecular formula is C16H13ClN4S. The molecule has 0 N–H and O–H groups in total. The van der Waals surface area contributed by atoms with Crippen molar-refractivity contribution in [2.45, 2.75) is 20.4 Å². The second-order valence-corrected chi connectivity index (χ2v) is 6.56. The molecule has 2 aromatic heterocycles. The van der Waals surface area contributed by atoms with Crippen LogP contribution in [0.25, 0.3) is 5.00 Å². The molecule has 1 aromatic carbocycles. The lowest BCUT2D eigenvalue weighted by molar-refractivity contribution is 0.869. The molecule has 0 aliphatic carbocycles. The molecule has 4 rings (SSSR count). The molecular weight excluding hydrogens is 316 g/mol. The lowest BCUT2D eigenvalue weighted by Crippen LogP contribution is -2.06. The lowest BCUT2D eigenvalue weighted by atomic mass is 10.0. The molecule has 6 heteroatoms. The van der Waals surface area contributed by atoms with E-state index in [0.29, 0.717) is 6.54 Å². The van der Waals surface area contributed by atoms with Gasteiger partial charge in [0.15, 0.2) is 5.82 Å². The summed E-state index contributed by atoms with van der Waals surface area (Å²) in [6.07, 6.45) is 0. The van der Waals surface area contributed by atoms with Gasteiger partial charge in [-0.2, -0.15) is 0 Å². The standard InChI is InChI=1S/C16H13ClN4S/c1-9-8-22-16-14(9)15(11-3-5-12(17)6-4-11)18-7-13-20-19-10(2)21(13)16/h3-6,8H,7H2,1-2H3. The van der Waals surface area contributed by atoms with Crippen LogP contribution in [0.1, 0.15) is 28.3 Å². The van der Waals surface area contributed by atoms with E-state index in [-0.39, 0.29) is 0 Å². The lowest BCUT2D eigenvalue weighted by Gasteiger charge is -2.09. The van der Waals surface area contributed by atoms with Gasteiger partial charge in [-0.15, -0.1) is 21.5 Å². The Morgan fingerprint density at radius 3 is 2.68 bits per heavy atom. The molecule has 110 valence electrons. The van der Waals surface area contributed by atoms with E-state index in [4.69, 9.17) is 16.6 Å². The molecule has 3 aromatic rings. The largest absolute Gasteiger partial charge is 0.276 e. The van der Waals surface area contributed by atoms with Crippen LogP contribution in [0.2, 0.25) is 5.02 Å². The van der Waals surface area contributed by atoms with Crippen molar-refractivity contribution in [3.8, 4) is 5.00 Å². The maximum Gasteiger partial charge on any atom is 0.160 e. The minimum absolute atomic E-state index is 0.527. The number of fused-ring (bicyclic) bond motifs is 3. The third kappa shape index (κ3) is 2.01. The van der Waals surface area contributed by atoms with Crippen LogP contribution in [0.15, 0.2) is 34.6 Å². The maximum absolute atomic E-state index is 6.01. The van der Waals surface area contributed by atoms with Crippen molar-refractivity contribution in [2.75, 3.05) is 0 Å². The zero-order valence-corrected chi connectivity index (χ0v) is 13.7. The molecule has 0 saturated heterocycles. The first-order chi connectivity index (χ1) is 10.6. The van der Waals surface area contributed by atoms with Crippen LogP contribution in [0.3, 0.4) is 0 Å². The van der Waals surface area contributed by atoms with E-state index in [1.807, 2.05) is 31.2 Å². The van der Waals surface area contributed by atoms with Crippen LogP contribution in [-0.2, 0) is 6.54 Å². The van der Waals surface area contributed by atoms with Gasteiger partial charge in [0.1, 0.15) is 17.4 Å². The van der Waals surface area contributed by atoms with E-state index in [0.717, 1.165) is 38.5 Å². The summed E-state index contributed by atoms with van der Waals surface area (Å²) in [7, 11) is 0. The van der Waals surface area contributed by atoms with Gasteiger partial charge >= 0.3 is 0 Å². The van der Waals surface area contributed by atoms with Crippen LogP contribution in [-0.4, -0.2) is 20.5 Å². The third-order valence-electron chi connectivity index (χ3n) is 3.78. The molecule has 0 fully saturated rings. The molecule has 3 heterocycles. The highest BCUT2D eigenvalue weighted by Gasteiger charge is 2.24. The Morgan fingerprint density at radius 2 is 1.91 bits per heavy atom. The third-order valence-corrected chi connectivity index (χ3v) is 5.12. The summed E-state index contributed by atoms with van der Waals surface area (Å²) in [5.41, 5.74) is 4.45. The van der Waals surface area contributed by atoms with Crippen LogP contribution in [0.4, 0.5) is 0 Å². The van der Waals surface area contributed by atoms with Crippen LogP contribution < -0.4 is 0 Å². The fourth-order valence-corrected chi connectivity index (χ4v) is 3.98. The Bertz CT molecular complexity index is 890. The maximum atomic E-state index is 6.01. The van der Waals surface area contributed by atoms with Crippen LogP contribution in [0.5, 0.6) is 0 Å². The minimum Gasteiger partial charge on any atom is -0.276 e. The Morgan fingerprint density at radius 1 is 1.14 bits per heavy atom. The molecule has 1 aliphatic heterocycles. The van der Waals surface area contributed by atoms with Gasteiger partial charge in [-0.25, -0.2) is 0 Å². The van der Waals surface area contributed by atoms with Gasteiger partial charge in [0, 0.05) is 16.1 Å². The molecule has 4 nitrogen and oxygen atoms in total. The zero-order valence-electron chi connectivity index (χ0n) is 12.2. The fraction of sp³-hybridized carbons (Fsp3) is 0.188. The van der Waals surface area contributed by atoms with Crippen molar-refractivity contribution in [1.29, 1.82) is 0 Å². The monoisotopic (exact) mass is 328 g/mol. The van der Waals surface area contributed by atoms with E-state index in [1.165, 1.54) is 5.56 Å². The number of aromatic nitrogens is 3. The Balaban J connectivity index is 1.97. The summed E-state index contributed by atoms with van der Waals surface area (Å²) < 4.78 is 2.11. The molecule has 1 aliphatic rings. The Hall–Kier alpha value is -1.98. The summed E-state index contributed by atoms with van der Waals surface area (Å²) in [6, 6.07) is 7.83. The van der Waals surface area contributed by atoms with Gasteiger partial charge in [-0.05, 0) is 36.9 Å². The average Bonchev–Trinajstić information content (AvgIpc) is 3.00. The number of thiophene rings is 1. The summed E-state index contributed by atoms with van der Waals surface area (Å²) in [5.74, 6) is 1.77. The molecule has 22 heavy (non-hydrogen) atoms. The number of rotatable bonds is 1. The predicted molar refractivity (Wildman–Crippen MR) is 89.5 cm³/mol. The van der Waals surface area contributed by atoms with Crippen molar-refractivity contribution in [1.82, 2.24) is 14.8 Å². The number of nitrogens with zero attached hydrogens (tertiary/aromatic N) is 4. The van der Waals surface area contributed by atoms with E-state index < -0.39 is 0 Å². The number of hydrogen-bond acceptors (Lipinski definition) is 4. The number of hydrogen-bond donors (Lipinski definition) is 0. The van der Waals surface area contributed by atoms with Gasteiger partial charge in [-0.1, -0.05) is 23.7 Å². The summed E-state index contributed by atoms with van der Waals surface area (Å²) >= 11 is 7.71. The van der Waals surface area contributed by atoms with Gasteiger partial charge < -0.3 is 0 Å². The molecule has 0 unspecified atom stereocenters. The van der Waals surface area contributed by atoms with Crippen molar-refractivity contribution in [3.05, 3.63) is 63.0 Å². The van der Waals surface area contributed by atoms with Crippen molar-refractivity contribution >= 4 is 28.6 Å². The predicted octanol–water partition coefficient (Wildman–Crippen LogP) is 3.95. The topological polar surface area (TPSA) is 43.1 Å². The summed E-state index contributed by atoms with van der Waals surface area (Å²) in [4.78, 5) is 4.81. The van der Waals surface area contributed by atoms with E-state index in [1.54, 1.807) is 11.3 Å². The quantitative estimate of drug-likeness (QED) is 0.679. The van der Waals surface area contributed by atoms with E-state index >= 15 is 0 Å². The van der Waals surface area contributed by atoms with Gasteiger partial charge in [-0.3, -0.25) is 9.56 Å². The molecule has 0 spiro atoms. The smallest absolute Gasteiger partial charge is 0.160 e. The SMILES string of the molecule is Cc1csc2c1C(c1ccc(Cl)cc1)=NCc1nnc(C)n1-2. The van der Waals surface area contributed by atoms with Gasteiger partial charge in [0.05, 0.1) is 5.71 Å². The van der Waals surface area contributed by atoms with E-state index in [2.05, 4.69) is 27.1 Å². The van der Waals surface area contributed by atoms with Crippen LogP contribution >= 0.6 is 22.9 Å². The zero-order chi connectivity index (χ0) is 15.3. The van der Waals surface area contributed by atoms with Crippen molar-refractivity contribution in [2.24, 2.45) is 4.99 Å². The highest BCUT2D eigenvalue weighted by Crippen LogP contribution is 2.33. The second-order valence-electron chi connectivity index (χ2n) is 5.27. The van der Waals surface area contributed by atoms with Crippen molar-refractivity contribution in [3.63, 3.8) is 0 Å². The molecule has 0 atom stereocenters. The first-order valence-electron chi connectivity index (χ1n) is 6.95. The number of aryl methyl sites for hydroxylation is 2. The fourth-order valence-electron chi connectivity index (χ4n) is 2.73. The van der Waals surface area contributed by atoms with E-state index in [9.17, 15) is 0 Å². The molecule has 0 amide bonds. The minimum atomic E-state index is 0.527. The second kappa shape index (κ2) is 5.04. The summed E-state index contributed by atoms with van der Waals surface area (Å²) in [5, 5.41) is 12.5. The molecule has 0 saturated carbocycles. The average molecular weight is 329 g/mol. The Labute approximate surface area is 137 Å². The highest BCUT2D eigenvalue weighted by atomic mass is 35.5. The number of aliphatic imine (C=N–C) groups is 1. The number of benzene rings is 1. The van der Waals surface area contributed by atoms with Crippen molar-refractivity contribution < 1.29 is 0 Å². The van der Waals surface area contributed by atoms with Gasteiger partial charge in [0.2, 0.25) is 0 Å². The summed E-state index contributed by atoms with van der Waals surface area (Å²) in [6.45, 7) is 4.62. The Kier molecular flexibility index (Phi) is 3.13. The molecule has 0 bridgehead atoms. The first-order valence-corrected chi connectivity index (χ1v) is 8.21. The normalized spacial score (nSPS) is 13.3. The number of halogens is 1.